The summed E-state index contributed by atoms with van der Waals surface area (Å²) in [5, 5.41) is 0. The highest BCUT2D eigenvalue weighted by Crippen LogP contribution is 2.42. The van der Waals surface area contributed by atoms with Crippen LogP contribution in [0.4, 0.5) is 0 Å². The lowest BCUT2D eigenvalue weighted by atomic mass is 9.67. The number of carbonyl (C=O) groups excluding carboxylic acids is 4. The normalized spacial score (nSPS) is 20.8. The molecule has 0 aromatic carbocycles. The quantitative estimate of drug-likeness (QED) is 0.209. The van der Waals surface area contributed by atoms with E-state index in [4.69, 9.17) is 18.9 Å². The molecule has 0 heterocycles. The van der Waals surface area contributed by atoms with Gasteiger partial charge in [0.25, 0.3) is 0 Å². The van der Waals surface area contributed by atoms with Gasteiger partial charge in [-0.25, -0.2) is 9.59 Å². The average molecular weight is 410 g/mol. The SMILES string of the molecule is C=CC(=O)OCCCOC(=O)C1CCCCC1(C)C(=O)OCCCOC(=O)C=C. The van der Waals surface area contributed by atoms with Gasteiger partial charge in [-0.15, -0.1) is 0 Å². The average Bonchev–Trinajstić information content (AvgIpc) is 2.72. The number of ether oxygens (including phenoxy) is 4. The molecule has 8 heteroatoms. The molecule has 2 atom stereocenters. The number of hydrogen-bond acceptors (Lipinski definition) is 8. The molecule has 1 aliphatic rings. The Morgan fingerprint density at radius 3 is 1.93 bits per heavy atom. The molecule has 0 N–H and O–H groups in total. The molecule has 162 valence electrons. The van der Waals surface area contributed by atoms with Gasteiger partial charge in [0.05, 0.1) is 37.8 Å². The second-order valence-electron chi connectivity index (χ2n) is 6.97. The van der Waals surface area contributed by atoms with Crippen molar-refractivity contribution in [2.75, 3.05) is 26.4 Å². The predicted octanol–water partition coefficient (Wildman–Crippen LogP) is 2.51. The third-order valence-corrected chi connectivity index (χ3v) is 4.84. The molecule has 0 bridgehead atoms. The molecule has 0 aromatic heterocycles. The predicted molar refractivity (Wildman–Crippen MR) is 104 cm³/mol. The lowest BCUT2D eigenvalue weighted by Gasteiger charge is -2.37. The molecule has 0 aromatic rings. The molecule has 0 aliphatic heterocycles. The van der Waals surface area contributed by atoms with Gasteiger partial charge in [-0.3, -0.25) is 9.59 Å². The van der Waals surface area contributed by atoms with E-state index in [-0.39, 0.29) is 26.4 Å². The summed E-state index contributed by atoms with van der Waals surface area (Å²) in [5.74, 6) is -2.54. The van der Waals surface area contributed by atoms with Crippen LogP contribution in [0.15, 0.2) is 25.3 Å². The van der Waals surface area contributed by atoms with Crippen LogP contribution in [0, 0.1) is 11.3 Å². The van der Waals surface area contributed by atoms with Crippen molar-refractivity contribution in [3.63, 3.8) is 0 Å². The molecule has 1 rings (SSSR count). The fourth-order valence-electron chi connectivity index (χ4n) is 3.14. The Labute approximate surface area is 171 Å². The summed E-state index contributed by atoms with van der Waals surface area (Å²) in [7, 11) is 0. The van der Waals surface area contributed by atoms with E-state index in [1.165, 1.54) is 0 Å². The lowest BCUT2D eigenvalue weighted by molar-refractivity contribution is -0.172. The monoisotopic (exact) mass is 410 g/mol. The van der Waals surface area contributed by atoms with Gasteiger partial charge < -0.3 is 18.9 Å². The summed E-state index contributed by atoms with van der Waals surface area (Å²) in [6, 6.07) is 0. The van der Waals surface area contributed by atoms with Gasteiger partial charge in [0.15, 0.2) is 0 Å². The Balaban J connectivity index is 2.46. The number of esters is 4. The van der Waals surface area contributed by atoms with Gasteiger partial charge in [0.2, 0.25) is 0 Å². The van der Waals surface area contributed by atoms with Crippen LogP contribution in [-0.4, -0.2) is 50.3 Å². The molecular formula is C21H30O8. The first-order chi connectivity index (χ1) is 13.8. The largest absolute Gasteiger partial charge is 0.465 e. The Bertz CT molecular complexity index is 612. The summed E-state index contributed by atoms with van der Waals surface area (Å²) in [5.41, 5.74) is -0.956. The van der Waals surface area contributed by atoms with Crippen molar-refractivity contribution in [1.29, 1.82) is 0 Å². The Kier molecular flexibility index (Phi) is 10.7. The Morgan fingerprint density at radius 2 is 1.38 bits per heavy atom. The highest BCUT2D eigenvalue weighted by Gasteiger charge is 2.48. The van der Waals surface area contributed by atoms with Gasteiger partial charge >= 0.3 is 23.9 Å². The molecule has 8 nitrogen and oxygen atoms in total. The second-order valence-corrected chi connectivity index (χ2v) is 6.97. The maximum Gasteiger partial charge on any atom is 0.330 e. The molecule has 2 unspecified atom stereocenters. The van der Waals surface area contributed by atoms with Crippen molar-refractivity contribution in [3.05, 3.63) is 25.3 Å². The van der Waals surface area contributed by atoms with Crippen LogP contribution in [-0.2, 0) is 38.1 Å². The van der Waals surface area contributed by atoms with Gasteiger partial charge in [0, 0.05) is 25.0 Å². The van der Waals surface area contributed by atoms with E-state index >= 15 is 0 Å². The van der Waals surface area contributed by atoms with Gasteiger partial charge in [-0.2, -0.15) is 0 Å². The maximum atomic E-state index is 12.7. The second kappa shape index (κ2) is 12.7. The number of carbonyl (C=O) groups is 4. The highest BCUT2D eigenvalue weighted by atomic mass is 16.6. The smallest absolute Gasteiger partial charge is 0.330 e. The van der Waals surface area contributed by atoms with Gasteiger partial charge in [-0.1, -0.05) is 26.0 Å². The van der Waals surface area contributed by atoms with E-state index in [9.17, 15) is 19.2 Å². The summed E-state index contributed by atoms with van der Waals surface area (Å²) in [4.78, 5) is 47.1. The van der Waals surface area contributed by atoms with E-state index in [1.807, 2.05) is 0 Å². The molecule has 0 spiro atoms. The number of rotatable bonds is 12. The van der Waals surface area contributed by atoms with Crippen LogP contribution in [0.2, 0.25) is 0 Å². The van der Waals surface area contributed by atoms with Crippen molar-refractivity contribution in [2.45, 2.75) is 45.4 Å². The Hall–Kier alpha value is -2.64. The van der Waals surface area contributed by atoms with Crippen LogP contribution in [0.1, 0.15) is 45.4 Å². The van der Waals surface area contributed by atoms with E-state index in [0.717, 1.165) is 25.0 Å². The van der Waals surface area contributed by atoms with Crippen molar-refractivity contribution < 1.29 is 38.1 Å². The minimum atomic E-state index is -0.956. The molecule has 1 saturated carbocycles. The van der Waals surface area contributed by atoms with E-state index < -0.39 is 35.2 Å². The van der Waals surface area contributed by atoms with Crippen molar-refractivity contribution >= 4 is 23.9 Å². The summed E-state index contributed by atoms with van der Waals surface area (Å²) in [6.45, 7) is 8.75. The Morgan fingerprint density at radius 1 is 0.862 bits per heavy atom. The van der Waals surface area contributed by atoms with Crippen molar-refractivity contribution in [1.82, 2.24) is 0 Å². The van der Waals surface area contributed by atoms with Gasteiger partial charge in [0.1, 0.15) is 0 Å². The molecule has 0 amide bonds. The number of hydrogen-bond donors (Lipinski definition) is 0. The molecule has 0 saturated heterocycles. The maximum absolute atomic E-state index is 12.7. The summed E-state index contributed by atoms with van der Waals surface area (Å²) >= 11 is 0. The van der Waals surface area contributed by atoms with Crippen LogP contribution >= 0.6 is 0 Å². The van der Waals surface area contributed by atoms with Crippen LogP contribution in [0.25, 0.3) is 0 Å². The zero-order valence-corrected chi connectivity index (χ0v) is 17.0. The van der Waals surface area contributed by atoms with Crippen LogP contribution in [0.5, 0.6) is 0 Å². The third kappa shape index (κ3) is 8.09. The molecular weight excluding hydrogens is 380 g/mol. The fourth-order valence-corrected chi connectivity index (χ4v) is 3.14. The van der Waals surface area contributed by atoms with E-state index in [0.29, 0.717) is 25.7 Å². The van der Waals surface area contributed by atoms with Crippen molar-refractivity contribution in [2.24, 2.45) is 11.3 Å². The highest BCUT2D eigenvalue weighted by molar-refractivity contribution is 5.85. The molecule has 1 aliphatic carbocycles. The molecule has 0 radical (unpaired) electrons. The third-order valence-electron chi connectivity index (χ3n) is 4.84. The standard InChI is InChI=1S/C21H30O8/c1-4-17(22)26-12-8-14-28-19(24)16-10-6-7-11-21(16,3)20(25)29-15-9-13-27-18(23)5-2/h4-5,16H,1-2,6-15H2,3H3. The summed E-state index contributed by atoms with van der Waals surface area (Å²) < 4.78 is 20.3. The minimum Gasteiger partial charge on any atom is -0.465 e. The van der Waals surface area contributed by atoms with E-state index in [2.05, 4.69) is 13.2 Å². The first-order valence-electron chi connectivity index (χ1n) is 9.77. The first-order valence-corrected chi connectivity index (χ1v) is 9.77. The first kappa shape index (κ1) is 24.4. The molecule has 1 fully saturated rings. The molecule has 29 heavy (non-hydrogen) atoms. The van der Waals surface area contributed by atoms with Gasteiger partial charge in [-0.05, 0) is 19.8 Å². The van der Waals surface area contributed by atoms with Crippen LogP contribution in [0.3, 0.4) is 0 Å². The van der Waals surface area contributed by atoms with Crippen molar-refractivity contribution in [3.8, 4) is 0 Å². The zero-order valence-electron chi connectivity index (χ0n) is 17.0. The summed E-state index contributed by atoms with van der Waals surface area (Å²) in [6.07, 6.45) is 5.59. The minimum absolute atomic E-state index is 0.0925. The fraction of sp³-hybridized carbons (Fsp3) is 0.619. The van der Waals surface area contributed by atoms with E-state index in [1.54, 1.807) is 6.92 Å². The topological polar surface area (TPSA) is 105 Å². The zero-order chi connectivity index (χ0) is 21.7. The lowest BCUT2D eigenvalue weighted by Crippen LogP contribution is -2.44. The van der Waals surface area contributed by atoms with Crippen LogP contribution < -0.4 is 0 Å².